The SMILES string of the molecule is Cn1c(N2CCC(C(=O)O)C2)nc(C(F)(F)F)cc1=O. The molecule has 0 saturated carbocycles. The largest absolute Gasteiger partial charge is 0.481 e. The third-order valence-corrected chi connectivity index (χ3v) is 3.22. The molecule has 1 aliphatic rings. The molecule has 1 aromatic rings. The summed E-state index contributed by atoms with van der Waals surface area (Å²) in [4.78, 5) is 27.3. The van der Waals surface area contributed by atoms with E-state index in [9.17, 15) is 22.8 Å². The van der Waals surface area contributed by atoms with Crippen molar-refractivity contribution in [2.24, 2.45) is 13.0 Å². The second-order valence-corrected chi connectivity index (χ2v) is 4.61. The third kappa shape index (κ3) is 2.61. The Bertz CT molecular complexity index is 597. The number of hydrogen-bond acceptors (Lipinski definition) is 4. The van der Waals surface area contributed by atoms with Crippen LogP contribution in [0.1, 0.15) is 12.1 Å². The summed E-state index contributed by atoms with van der Waals surface area (Å²) < 4.78 is 38.9. The topological polar surface area (TPSA) is 75.4 Å². The minimum Gasteiger partial charge on any atom is -0.481 e. The molecule has 2 heterocycles. The van der Waals surface area contributed by atoms with Gasteiger partial charge in [0.1, 0.15) is 0 Å². The first kappa shape index (κ1) is 14.4. The molecule has 110 valence electrons. The zero-order valence-electron chi connectivity index (χ0n) is 10.5. The minimum atomic E-state index is -4.71. The van der Waals surface area contributed by atoms with Crippen LogP contribution in [0.2, 0.25) is 0 Å². The Morgan fingerprint density at radius 3 is 2.65 bits per heavy atom. The molecule has 0 radical (unpaired) electrons. The van der Waals surface area contributed by atoms with Gasteiger partial charge in [-0.3, -0.25) is 14.2 Å². The van der Waals surface area contributed by atoms with Crippen molar-refractivity contribution < 1.29 is 23.1 Å². The molecule has 1 N–H and O–H groups in total. The van der Waals surface area contributed by atoms with Crippen LogP contribution in [0.15, 0.2) is 10.9 Å². The smallest absolute Gasteiger partial charge is 0.433 e. The highest BCUT2D eigenvalue weighted by atomic mass is 19.4. The maximum atomic E-state index is 12.6. The average Bonchev–Trinajstić information content (AvgIpc) is 2.80. The van der Waals surface area contributed by atoms with E-state index < -0.39 is 29.3 Å². The van der Waals surface area contributed by atoms with Crippen molar-refractivity contribution >= 4 is 11.9 Å². The Balaban J connectivity index is 2.40. The zero-order valence-corrected chi connectivity index (χ0v) is 10.5. The summed E-state index contributed by atoms with van der Waals surface area (Å²) in [6.07, 6.45) is -4.41. The standard InChI is InChI=1S/C11H12F3N3O3/c1-16-8(18)4-7(11(12,13)14)15-10(16)17-3-2-6(5-17)9(19)20/h4,6H,2-3,5H2,1H3,(H,19,20). The van der Waals surface area contributed by atoms with Crippen LogP contribution in [0.3, 0.4) is 0 Å². The summed E-state index contributed by atoms with van der Waals surface area (Å²) in [5.41, 5.74) is -2.10. The molecule has 0 bridgehead atoms. The molecular formula is C11H12F3N3O3. The quantitative estimate of drug-likeness (QED) is 0.868. The van der Waals surface area contributed by atoms with Crippen molar-refractivity contribution in [2.45, 2.75) is 12.6 Å². The van der Waals surface area contributed by atoms with E-state index in [-0.39, 0.29) is 19.0 Å². The van der Waals surface area contributed by atoms with E-state index in [4.69, 9.17) is 5.11 Å². The minimum absolute atomic E-state index is 0.0386. The second-order valence-electron chi connectivity index (χ2n) is 4.61. The van der Waals surface area contributed by atoms with E-state index in [1.54, 1.807) is 0 Å². The van der Waals surface area contributed by atoms with Crippen LogP contribution in [0.5, 0.6) is 0 Å². The maximum Gasteiger partial charge on any atom is 0.433 e. The molecule has 1 fully saturated rings. The first-order valence-corrected chi connectivity index (χ1v) is 5.83. The van der Waals surface area contributed by atoms with E-state index in [0.717, 1.165) is 4.57 Å². The van der Waals surface area contributed by atoms with Gasteiger partial charge in [0.05, 0.1) is 5.92 Å². The third-order valence-electron chi connectivity index (χ3n) is 3.22. The van der Waals surface area contributed by atoms with E-state index in [1.165, 1.54) is 11.9 Å². The predicted molar refractivity (Wildman–Crippen MR) is 62.4 cm³/mol. The van der Waals surface area contributed by atoms with Gasteiger partial charge in [0.2, 0.25) is 5.95 Å². The van der Waals surface area contributed by atoms with Gasteiger partial charge in [-0.1, -0.05) is 0 Å². The summed E-state index contributed by atoms with van der Waals surface area (Å²) in [5.74, 6) is -1.83. The number of alkyl halides is 3. The van der Waals surface area contributed by atoms with Crippen molar-refractivity contribution in [3.63, 3.8) is 0 Å². The number of hydrogen-bond donors (Lipinski definition) is 1. The molecule has 6 nitrogen and oxygen atoms in total. The van der Waals surface area contributed by atoms with Crippen LogP contribution in [-0.4, -0.2) is 33.7 Å². The van der Waals surface area contributed by atoms with Crippen molar-refractivity contribution in [3.05, 3.63) is 22.1 Å². The van der Waals surface area contributed by atoms with Crippen LogP contribution in [0, 0.1) is 5.92 Å². The molecule has 20 heavy (non-hydrogen) atoms. The average molecular weight is 291 g/mol. The van der Waals surface area contributed by atoms with Gasteiger partial charge in [-0.15, -0.1) is 0 Å². The summed E-state index contributed by atoms with van der Waals surface area (Å²) in [6, 6.07) is 0.425. The molecule has 1 saturated heterocycles. The van der Waals surface area contributed by atoms with Gasteiger partial charge in [0, 0.05) is 26.2 Å². The van der Waals surface area contributed by atoms with Crippen LogP contribution in [0.25, 0.3) is 0 Å². The lowest BCUT2D eigenvalue weighted by Gasteiger charge is -2.20. The number of carboxylic acids is 1. The molecule has 1 aromatic heterocycles. The number of anilines is 1. The molecule has 1 unspecified atom stereocenters. The molecule has 0 spiro atoms. The van der Waals surface area contributed by atoms with Crippen molar-refractivity contribution in [1.29, 1.82) is 0 Å². The summed E-state index contributed by atoms with van der Waals surface area (Å²) in [6.45, 7) is 0.287. The van der Waals surface area contributed by atoms with Crippen molar-refractivity contribution in [3.8, 4) is 0 Å². The molecular weight excluding hydrogens is 279 g/mol. The van der Waals surface area contributed by atoms with E-state index in [2.05, 4.69) is 4.98 Å². The maximum absolute atomic E-state index is 12.6. The van der Waals surface area contributed by atoms with Gasteiger partial charge < -0.3 is 10.0 Å². The fraction of sp³-hybridized carbons (Fsp3) is 0.545. The zero-order chi connectivity index (χ0) is 15.1. The van der Waals surface area contributed by atoms with Crippen LogP contribution < -0.4 is 10.5 Å². The number of rotatable bonds is 2. The Hall–Kier alpha value is -2.06. The molecule has 2 rings (SSSR count). The highest BCUT2D eigenvalue weighted by Crippen LogP contribution is 2.29. The van der Waals surface area contributed by atoms with Gasteiger partial charge in [0.15, 0.2) is 5.69 Å². The number of halogens is 3. The monoisotopic (exact) mass is 291 g/mol. The first-order valence-electron chi connectivity index (χ1n) is 5.83. The summed E-state index contributed by atoms with van der Waals surface area (Å²) >= 11 is 0. The number of carboxylic acid groups (broad SMARTS) is 1. The highest BCUT2D eigenvalue weighted by molar-refractivity contribution is 5.71. The van der Waals surface area contributed by atoms with Crippen LogP contribution in [-0.2, 0) is 18.0 Å². The number of aromatic nitrogens is 2. The lowest BCUT2D eigenvalue weighted by Crippen LogP contribution is -2.32. The molecule has 0 aliphatic carbocycles. The Morgan fingerprint density at radius 2 is 2.15 bits per heavy atom. The Kier molecular flexibility index (Phi) is 3.45. The summed E-state index contributed by atoms with van der Waals surface area (Å²) in [5, 5.41) is 8.89. The van der Waals surface area contributed by atoms with Crippen LogP contribution >= 0.6 is 0 Å². The number of aliphatic carboxylic acids is 1. The van der Waals surface area contributed by atoms with Crippen molar-refractivity contribution in [2.75, 3.05) is 18.0 Å². The lowest BCUT2D eigenvalue weighted by molar-refractivity contribution is -0.142. The normalized spacial score (nSPS) is 19.4. The Morgan fingerprint density at radius 1 is 1.50 bits per heavy atom. The van der Waals surface area contributed by atoms with Gasteiger partial charge in [-0.2, -0.15) is 13.2 Å². The number of carbonyl (C=O) groups is 1. The summed E-state index contributed by atoms with van der Waals surface area (Å²) in [7, 11) is 1.30. The van der Waals surface area contributed by atoms with Gasteiger partial charge in [-0.25, -0.2) is 4.98 Å². The van der Waals surface area contributed by atoms with Gasteiger partial charge >= 0.3 is 12.1 Å². The van der Waals surface area contributed by atoms with E-state index in [0.29, 0.717) is 12.5 Å². The fourth-order valence-corrected chi connectivity index (χ4v) is 2.10. The molecule has 0 aromatic carbocycles. The predicted octanol–water partition coefficient (Wildman–Crippen LogP) is 0.710. The lowest BCUT2D eigenvalue weighted by atomic mass is 10.1. The first-order chi connectivity index (χ1) is 9.20. The van der Waals surface area contributed by atoms with Crippen LogP contribution in [0.4, 0.5) is 19.1 Å². The van der Waals surface area contributed by atoms with E-state index >= 15 is 0 Å². The van der Waals surface area contributed by atoms with E-state index in [1.807, 2.05) is 0 Å². The second kappa shape index (κ2) is 4.80. The highest BCUT2D eigenvalue weighted by Gasteiger charge is 2.36. The van der Waals surface area contributed by atoms with Gasteiger partial charge in [-0.05, 0) is 6.42 Å². The molecule has 1 atom stereocenters. The van der Waals surface area contributed by atoms with Crippen molar-refractivity contribution in [1.82, 2.24) is 9.55 Å². The molecule has 1 aliphatic heterocycles. The molecule has 0 amide bonds. The fourth-order valence-electron chi connectivity index (χ4n) is 2.10. The molecule has 9 heteroatoms. The number of nitrogens with zero attached hydrogens (tertiary/aromatic N) is 3. The van der Waals surface area contributed by atoms with Gasteiger partial charge in [0.25, 0.3) is 5.56 Å². The Labute approximate surface area is 111 Å².